The van der Waals surface area contributed by atoms with Crippen molar-refractivity contribution in [3.63, 3.8) is 0 Å². The number of para-hydroxylation sites is 1. The van der Waals surface area contributed by atoms with Crippen LogP contribution in [0, 0.1) is 6.92 Å². The van der Waals surface area contributed by atoms with Crippen LogP contribution in [0.1, 0.15) is 34.6 Å². The molecule has 0 saturated heterocycles. The highest BCUT2D eigenvalue weighted by atomic mass is 32.2. The van der Waals surface area contributed by atoms with Gasteiger partial charge < -0.3 is 9.73 Å². The Bertz CT molecular complexity index is 1340. The number of thioether (sulfide) groups is 1. The summed E-state index contributed by atoms with van der Waals surface area (Å²) in [5.74, 6) is 0.715. The fourth-order valence-corrected chi connectivity index (χ4v) is 6.16. The number of thiophene rings is 1. The highest BCUT2D eigenvalue weighted by Gasteiger charge is 2.23. The lowest BCUT2D eigenvalue weighted by atomic mass is 9.97. The number of aryl methyl sites for hydroxylation is 3. The molecule has 6 nitrogen and oxygen atoms in total. The molecule has 3 aromatic heterocycles. The minimum atomic E-state index is -0.131. The van der Waals surface area contributed by atoms with Crippen molar-refractivity contribution in [2.24, 2.45) is 0 Å². The Balaban J connectivity index is 1.47. The molecule has 5 rings (SSSR count). The Hall–Kier alpha value is -2.84. The number of nitrogens with zero attached hydrogens (tertiary/aromatic N) is 2. The van der Waals surface area contributed by atoms with Crippen LogP contribution in [-0.2, 0) is 24.2 Å². The highest BCUT2D eigenvalue weighted by Crippen LogP contribution is 2.34. The molecule has 4 aromatic rings. The molecule has 0 spiro atoms. The zero-order valence-electron chi connectivity index (χ0n) is 17.7. The van der Waals surface area contributed by atoms with Gasteiger partial charge in [0.15, 0.2) is 5.16 Å². The SMILES string of the molecule is Cc1ccccc1NC(=O)CSc1nc2sc3c(c2c(=O)n1Cc1ccco1)CCCC3. The van der Waals surface area contributed by atoms with Gasteiger partial charge in [0.1, 0.15) is 10.6 Å². The zero-order chi connectivity index (χ0) is 22.1. The molecule has 3 heterocycles. The molecule has 1 aromatic carbocycles. The van der Waals surface area contributed by atoms with E-state index < -0.39 is 0 Å². The van der Waals surface area contributed by atoms with Crippen molar-refractivity contribution < 1.29 is 9.21 Å². The molecule has 32 heavy (non-hydrogen) atoms. The minimum Gasteiger partial charge on any atom is -0.467 e. The van der Waals surface area contributed by atoms with E-state index in [2.05, 4.69) is 5.32 Å². The number of nitrogens with one attached hydrogen (secondary N) is 1. The summed E-state index contributed by atoms with van der Waals surface area (Å²) in [6, 6.07) is 11.3. The van der Waals surface area contributed by atoms with Crippen LogP contribution < -0.4 is 10.9 Å². The van der Waals surface area contributed by atoms with E-state index in [1.54, 1.807) is 28.2 Å². The molecular formula is C24H23N3O3S2. The molecule has 0 fully saturated rings. The predicted octanol–water partition coefficient (Wildman–Crippen LogP) is 5.02. The number of benzene rings is 1. The molecule has 0 unspecified atom stereocenters. The van der Waals surface area contributed by atoms with E-state index in [-0.39, 0.29) is 17.2 Å². The molecule has 1 N–H and O–H groups in total. The zero-order valence-corrected chi connectivity index (χ0v) is 19.4. The molecule has 1 aliphatic rings. The first kappa shape index (κ1) is 21.0. The second kappa shape index (κ2) is 8.96. The maximum absolute atomic E-state index is 13.6. The number of hydrogen-bond acceptors (Lipinski definition) is 6. The van der Waals surface area contributed by atoms with Crippen molar-refractivity contribution in [3.8, 4) is 0 Å². The molecule has 1 amide bonds. The number of amides is 1. The van der Waals surface area contributed by atoms with Crippen molar-refractivity contribution >= 4 is 44.9 Å². The molecule has 0 bridgehead atoms. The van der Waals surface area contributed by atoms with Crippen LogP contribution in [-0.4, -0.2) is 21.2 Å². The number of rotatable bonds is 6. The van der Waals surface area contributed by atoms with E-state index in [0.29, 0.717) is 17.5 Å². The van der Waals surface area contributed by atoms with Gasteiger partial charge in [0.05, 0.1) is 23.9 Å². The third-order valence-corrected chi connectivity index (χ3v) is 7.85. The molecule has 1 aliphatic carbocycles. The molecule has 0 atom stereocenters. The van der Waals surface area contributed by atoms with Crippen molar-refractivity contribution in [2.45, 2.75) is 44.3 Å². The lowest BCUT2D eigenvalue weighted by Crippen LogP contribution is -2.25. The number of fused-ring (bicyclic) bond motifs is 3. The van der Waals surface area contributed by atoms with Crippen molar-refractivity contribution in [2.75, 3.05) is 11.1 Å². The first-order chi connectivity index (χ1) is 15.6. The number of aromatic nitrogens is 2. The van der Waals surface area contributed by atoms with Crippen LogP contribution in [0.15, 0.2) is 57.0 Å². The van der Waals surface area contributed by atoms with Crippen LogP contribution in [0.3, 0.4) is 0 Å². The summed E-state index contributed by atoms with van der Waals surface area (Å²) in [4.78, 5) is 33.1. The van der Waals surface area contributed by atoms with Gasteiger partial charge in [-0.25, -0.2) is 4.98 Å². The van der Waals surface area contributed by atoms with Gasteiger partial charge in [-0.15, -0.1) is 11.3 Å². The standard InChI is InChI=1S/C24H23N3O3S2/c1-15-7-2-4-10-18(15)25-20(28)14-31-24-26-22-21(17-9-3-5-11-19(17)32-22)23(29)27(24)13-16-8-6-12-30-16/h2,4,6-8,10,12H,3,5,9,11,13-14H2,1H3,(H,25,28). The normalized spacial score (nSPS) is 13.3. The van der Waals surface area contributed by atoms with Gasteiger partial charge in [0.2, 0.25) is 5.91 Å². The third-order valence-electron chi connectivity index (χ3n) is 5.69. The Morgan fingerprint density at radius 3 is 2.88 bits per heavy atom. The Kier molecular flexibility index (Phi) is 5.89. The van der Waals surface area contributed by atoms with E-state index in [1.807, 2.05) is 37.3 Å². The lowest BCUT2D eigenvalue weighted by molar-refractivity contribution is -0.113. The minimum absolute atomic E-state index is 0.0485. The van der Waals surface area contributed by atoms with E-state index in [9.17, 15) is 9.59 Å². The maximum Gasteiger partial charge on any atom is 0.263 e. The summed E-state index contributed by atoms with van der Waals surface area (Å²) in [5.41, 5.74) is 2.91. The molecule has 0 radical (unpaired) electrons. The number of anilines is 1. The van der Waals surface area contributed by atoms with Gasteiger partial charge in [-0.1, -0.05) is 30.0 Å². The summed E-state index contributed by atoms with van der Waals surface area (Å²) >= 11 is 2.90. The van der Waals surface area contributed by atoms with Gasteiger partial charge in [0, 0.05) is 10.6 Å². The Morgan fingerprint density at radius 1 is 1.22 bits per heavy atom. The van der Waals surface area contributed by atoms with Crippen LogP contribution >= 0.6 is 23.1 Å². The fraction of sp³-hybridized carbons (Fsp3) is 0.292. The monoisotopic (exact) mass is 465 g/mol. The summed E-state index contributed by atoms with van der Waals surface area (Å²) in [7, 11) is 0. The Labute approximate surface area is 193 Å². The van der Waals surface area contributed by atoms with Gasteiger partial charge in [-0.2, -0.15) is 0 Å². The second-order valence-corrected chi connectivity index (χ2v) is 9.93. The fourth-order valence-electron chi connectivity index (χ4n) is 4.06. The molecular weight excluding hydrogens is 442 g/mol. The molecule has 0 aliphatic heterocycles. The van der Waals surface area contributed by atoms with Gasteiger partial charge >= 0.3 is 0 Å². The number of carbonyl (C=O) groups excluding carboxylic acids is 1. The number of hydrogen-bond donors (Lipinski definition) is 1. The smallest absolute Gasteiger partial charge is 0.263 e. The highest BCUT2D eigenvalue weighted by molar-refractivity contribution is 7.99. The van der Waals surface area contributed by atoms with Crippen LogP contribution in [0.5, 0.6) is 0 Å². The summed E-state index contributed by atoms with van der Waals surface area (Å²) in [5, 5.41) is 4.23. The molecule has 8 heteroatoms. The molecule has 0 saturated carbocycles. The summed E-state index contributed by atoms with van der Waals surface area (Å²) < 4.78 is 7.15. The third kappa shape index (κ3) is 4.12. The van der Waals surface area contributed by atoms with E-state index in [1.165, 1.54) is 16.6 Å². The summed E-state index contributed by atoms with van der Waals surface area (Å²) in [6.07, 6.45) is 5.79. The van der Waals surface area contributed by atoms with Crippen LogP contribution in [0.4, 0.5) is 5.69 Å². The first-order valence-electron chi connectivity index (χ1n) is 10.7. The largest absolute Gasteiger partial charge is 0.467 e. The van der Waals surface area contributed by atoms with Gasteiger partial charge in [-0.3, -0.25) is 14.2 Å². The predicted molar refractivity (Wildman–Crippen MR) is 129 cm³/mol. The van der Waals surface area contributed by atoms with E-state index in [4.69, 9.17) is 9.40 Å². The number of furan rings is 1. The average Bonchev–Trinajstić information content (AvgIpc) is 3.43. The topological polar surface area (TPSA) is 77.1 Å². The summed E-state index contributed by atoms with van der Waals surface area (Å²) in [6.45, 7) is 2.25. The van der Waals surface area contributed by atoms with E-state index in [0.717, 1.165) is 52.7 Å². The number of carbonyl (C=O) groups is 1. The molecule has 164 valence electrons. The van der Waals surface area contributed by atoms with Crippen LogP contribution in [0.25, 0.3) is 10.2 Å². The second-order valence-electron chi connectivity index (χ2n) is 7.91. The van der Waals surface area contributed by atoms with Crippen molar-refractivity contribution in [3.05, 3.63) is 74.8 Å². The van der Waals surface area contributed by atoms with Gasteiger partial charge in [-0.05, 0) is 61.9 Å². The quantitative estimate of drug-likeness (QED) is 0.320. The first-order valence-corrected chi connectivity index (χ1v) is 12.5. The average molecular weight is 466 g/mol. The van der Waals surface area contributed by atoms with Crippen molar-refractivity contribution in [1.82, 2.24) is 9.55 Å². The lowest BCUT2D eigenvalue weighted by Gasteiger charge is -2.13. The Morgan fingerprint density at radius 2 is 2.06 bits per heavy atom. The maximum atomic E-state index is 13.6. The van der Waals surface area contributed by atoms with E-state index >= 15 is 0 Å². The van der Waals surface area contributed by atoms with Gasteiger partial charge in [0.25, 0.3) is 5.56 Å². The van der Waals surface area contributed by atoms with Crippen molar-refractivity contribution in [1.29, 1.82) is 0 Å². The van der Waals surface area contributed by atoms with Crippen LogP contribution in [0.2, 0.25) is 0 Å².